The van der Waals surface area contributed by atoms with Crippen molar-refractivity contribution in [3.05, 3.63) is 60.2 Å². The molecule has 2 aromatic rings. The molecule has 0 aliphatic carbocycles. The maximum Gasteiger partial charge on any atom is 0.255 e. The molecular formula is C18H18N2O2S. The van der Waals surface area contributed by atoms with Gasteiger partial charge < -0.3 is 10.6 Å². The van der Waals surface area contributed by atoms with Crippen LogP contribution in [-0.4, -0.2) is 29.3 Å². The van der Waals surface area contributed by atoms with Crippen LogP contribution in [-0.2, 0) is 4.79 Å². The van der Waals surface area contributed by atoms with E-state index in [2.05, 4.69) is 0 Å². The van der Waals surface area contributed by atoms with Crippen LogP contribution in [0.3, 0.4) is 0 Å². The number of hydrogen-bond acceptors (Lipinski definition) is 3. The molecule has 1 aliphatic heterocycles. The topological polar surface area (TPSA) is 63.4 Å². The first-order chi connectivity index (χ1) is 11.2. The van der Waals surface area contributed by atoms with Crippen molar-refractivity contribution < 1.29 is 9.59 Å². The van der Waals surface area contributed by atoms with Crippen molar-refractivity contribution in [3.63, 3.8) is 0 Å². The third-order valence-corrected chi connectivity index (χ3v) is 5.01. The van der Waals surface area contributed by atoms with E-state index in [1.54, 1.807) is 16.7 Å². The average molecular weight is 326 g/mol. The molecule has 3 rings (SSSR count). The highest BCUT2D eigenvalue weighted by Gasteiger charge is 2.33. The molecule has 118 valence electrons. The van der Waals surface area contributed by atoms with Crippen LogP contribution < -0.4 is 5.73 Å². The van der Waals surface area contributed by atoms with Crippen LogP contribution >= 0.6 is 11.8 Å². The Kier molecular flexibility index (Phi) is 4.67. The lowest BCUT2D eigenvalue weighted by Crippen LogP contribution is -2.43. The van der Waals surface area contributed by atoms with E-state index in [1.165, 1.54) is 0 Å². The highest BCUT2D eigenvalue weighted by Crippen LogP contribution is 2.32. The van der Waals surface area contributed by atoms with E-state index in [4.69, 9.17) is 5.73 Å². The molecule has 1 saturated heterocycles. The number of likely N-dealkylation sites (tertiary alicyclic amines) is 1. The summed E-state index contributed by atoms with van der Waals surface area (Å²) >= 11 is 1.55. The van der Waals surface area contributed by atoms with Crippen molar-refractivity contribution in [1.29, 1.82) is 0 Å². The number of nitrogens with two attached hydrogens (primary N) is 1. The molecule has 23 heavy (non-hydrogen) atoms. The van der Waals surface area contributed by atoms with Gasteiger partial charge in [-0.1, -0.05) is 42.1 Å². The van der Waals surface area contributed by atoms with Gasteiger partial charge >= 0.3 is 0 Å². The third-order valence-electron chi connectivity index (χ3n) is 3.93. The van der Waals surface area contributed by atoms with E-state index in [9.17, 15) is 9.59 Å². The predicted molar refractivity (Wildman–Crippen MR) is 90.3 cm³/mol. The van der Waals surface area contributed by atoms with Crippen LogP contribution in [0.1, 0.15) is 23.2 Å². The fourth-order valence-electron chi connectivity index (χ4n) is 2.81. The van der Waals surface area contributed by atoms with Crippen LogP contribution in [0.4, 0.5) is 0 Å². The summed E-state index contributed by atoms with van der Waals surface area (Å²) < 4.78 is 0. The highest BCUT2D eigenvalue weighted by molar-refractivity contribution is 7.99. The number of nitrogens with zero attached hydrogens (tertiary/aromatic N) is 1. The summed E-state index contributed by atoms with van der Waals surface area (Å²) in [6.07, 6.45) is 1.46. The largest absolute Gasteiger partial charge is 0.368 e. The molecule has 0 aromatic heterocycles. The zero-order valence-corrected chi connectivity index (χ0v) is 13.5. The molecule has 5 heteroatoms. The molecular weight excluding hydrogens is 308 g/mol. The number of primary amides is 1. The van der Waals surface area contributed by atoms with E-state index in [1.807, 2.05) is 54.6 Å². The molecule has 1 fully saturated rings. The molecule has 2 N–H and O–H groups in total. The number of hydrogen-bond donors (Lipinski definition) is 1. The SMILES string of the molecule is NC(=O)C1CCCN1C(=O)c1ccccc1Sc1ccccc1. The van der Waals surface area contributed by atoms with Crippen molar-refractivity contribution in [2.75, 3.05) is 6.54 Å². The number of benzene rings is 2. The Morgan fingerprint density at radius 2 is 1.74 bits per heavy atom. The summed E-state index contributed by atoms with van der Waals surface area (Å²) in [7, 11) is 0. The van der Waals surface area contributed by atoms with Crippen LogP contribution in [0.15, 0.2) is 64.4 Å². The Hall–Kier alpha value is -2.27. The lowest BCUT2D eigenvalue weighted by Gasteiger charge is -2.23. The second kappa shape index (κ2) is 6.87. The maximum absolute atomic E-state index is 12.9. The minimum Gasteiger partial charge on any atom is -0.368 e. The van der Waals surface area contributed by atoms with Gasteiger partial charge in [-0.15, -0.1) is 0 Å². The van der Waals surface area contributed by atoms with E-state index in [-0.39, 0.29) is 5.91 Å². The van der Waals surface area contributed by atoms with Crippen molar-refractivity contribution in [1.82, 2.24) is 4.90 Å². The van der Waals surface area contributed by atoms with Crippen molar-refractivity contribution in [2.45, 2.75) is 28.7 Å². The standard InChI is InChI=1S/C18H18N2O2S/c19-17(21)15-10-6-12-20(15)18(22)14-9-4-5-11-16(14)23-13-7-2-1-3-8-13/h1-5,7-9,11,15H,6,10,12H2,(H2,19,21). The fourth-order valence-corrected chi connectivity index (χ4v) is 3.77. The number of rotatable bonds is 4. The first kappa shape index (κ1) is 15.6. The van der Waals surface area contributed by atoms with E-state index >= 15 is 0 Å². The van der Waals surface area contributed by atoms with Gasteiger partial charge in [-0.3, -0.25) is 9.59 Å². The second-order valence-corrected chi connectivity index (χ2v) is 6.59. The first-order valence-electron chi connectivity index (χ1n) is 7.59. The van der Waals surface area contributed by atoms with Gasteiger partial charge in [-0.05, 0) is 37.1 Å². The summed E-state index contributed by atoms with van der Waals surface area (Å²) in [6, 6.07) is 16.9. The van der Waals surface area contributed by atoms with Crippen LogP contribution in [0, 0.1) is 0 Å². The Morgan fingerprint density at radius 1 is 1.04 bits per heavy atom. The predicted octanol–water partition coefficient (Wildman–Crippen LogP) is 2.93. The Labute approximate surface area is 139 Å². The van der Waals surface area contributed by atoms with Gasteiger partial charge in [0.05, 0.1) is 5.56 Å². The molecule has 2 aromatic carbocycles. The number of carbonyl (C=O) groups excluding carboxylic acids is 2. The monoisotopic (exact) mass is 326 g/mol. The van der Waals surface area contributed by atoms with Gasteiger partial charge in [-0.25, -0.2) is 0 Å². The zero-order valence-electron chi connectivity index (χ0n) is 12.6. The molecule has 4 nitrogen and oxygen atoms in total. The molecule has 1 heterocycles. The fraction of sp³-hybridized carbons (Fsp3) is 0.222. The van der Waals surface area contributed by atoms with Crippen molar-refractivity contribution in [3.8, 4) is 0 Å². The molecule has 0 spiro atoms. The van der Waals surface area contributed by atoms with Gasteiger partial charge in [0.15, 0.2) is 0 Å². The number of amides is 2. The Balaban J connectivity index is 1.88. The highest BCUT2D eigenvalue weighted by atomic mass is 32.2. The van der Waals surface area contributed by atoms with Crippen molar-refractivity contribution in [2.24, 2.45) is 5.73 Å². The lowest BCUT2D eigenvalue weighted by atomic mass is 10.1. The van der Waals surface area contributed by atoms with Crippen LogP contribution in [0.5, 0.6) is 0 Å². The van der Waals surface area contributed by atoms with Crippen LogP contribution in [0.25, 0.3) is 0 Å². The molecule has 0 bridgehead atoms. The molecule has 0 radical (unpaired) electrons. The molecule has 1 unspecified atom stereocenters. The van der Waals surface area contributed by atoms with Gasteiger partial charge in [-0.2, -0.15) is 0 Å². The number of carbonyl (C=O) groups is 2. The Bertz CT molecular complexity index is 718. The van der Waals surface area contributed by atoms with Crippen LogP contribution in [0.2, 0.25) is 0 Å². The Morgan fingerprint density at radius 3 is 2.48 bits per heavy atom. The summed E-state index contributed by atoms with van der Waals surface area (Å²) in [6.45, 7) is 0.580. The van der Waals surface area contributed by atoms with Gasteiger partial charge in [0.1, 0.15) is 6.04 Å². The lowest BCUT2D eigenvalue weighted by molar-refractivity contribution is -0.121. The quantitative estimate of drug-likeness (QED) is 0.939. The average Bonchev–Trinajstić information content (AvgIpc) is 3.06. The second-order valence-electron chi connectivity index (χ2n) is 5.47. The maximum atomic E-state index is 12.9. The van der Waals surface area contributed by atoms with Gasteiger partial charge in [0.25, 0.3) is 5.91 Å². The summed E-state index contributed by atoms with van der Waals surface area (Å²) in [4.78, 5) is 28.0. The van der Waals surface area contributed by atoms with Gasteiger partial charge in [0.2, 0.25) is 5.91 Å². The summed E-state index contributed by atoms with van der Waals surface area (Å²) in [5, 5.41) is 0. The molecule has 0 saturated carbocycles. The normalized spacial score (nSPS) is 17.2. The summed E-state index contributed by atoms with van der Waals surface area (Å²) in [5.74, 6) is -0.547. The van der Waals surface area contributed by atoms with E-state index in [0.717, 1.165) is 16.2 Å². The summed E-state index contributed by atoms with van der Waals surface area (Å²) in [5.41, 5.74) is 6.05. The van der Waals surface area contributed by atoms with E-state index in [0.29, 0.717) is 18.5 Å². The third kappa shape index (κ3) is 3.40. The molecule has 1 aliphatic rings. The minimum atomic E-state index is -0.489. The zero-order chi connectivity index (χ0) is 16.2. The molecule has 2 amide bonds. The molecule has 1 atom stereocenters. The minimum absolute atomic E-state index is 0.120. The smallest absolute Gasteiger partial charge is 0.255 e. The van der Waals surface area contributed by atoms with Crippen molar-refractivity contribution >= 4 is 23.6 Å². The van der Waals surface area contributed by atoms with Gasteiger partial charge in [0, 0.05) is 16.3 Å². The van der Waals surface area contributed by atoms with E-state index < -0.39 is 11.9 Å². The first-order valence-corrected chi connectivity index (χ1v) is 8.40.